The summed E-state index contributed by atoms with van der Waals surface area (Å²) in [4.78, 5) is 14.7. The van der Waals surface area contributed by atoms with Crippen LogP contribution >= 0.6 is 0 Å². The molecule has 6 nitrogen and oxygen atoms in total. The van der Waals surface area contributed by atoms with Crippen molar-refractivity contribution in [3.05, 3.63) is 52.6 Å². The van der Waals surface area contributed by atoms with Gasteiger partial charge in [-0.3, -0.25) is 4.79 Å². The number of amides is 1. The van der Waals surface area contributed by atoms with E-state index in [1.165, 1.54) is 25.3 Å². The highest BCUT2D eigenvalue weighted by Crippen LogP contribution is 2.36. The second-order valence-corrected chi connectivity index (χ2v) is 9.01. The maximum absolute atomic E-state index is 13.0. The topological polar surface area (TPSA) is 79.2 Å². The predicted molar refractivity (Wildman–Crippen MR) is 129 cm³/mol. The van der Waals surface area contributed by atoms with Crippen LogP contribution in [-0.4, -0.2) is 40.8 Å². The van der Waals surface area contributed by atoms with Crippen LogP contribution in [0.4, 0.5) is 0 Å². The minimum Gasteiger partial charge on any atom is -0.508 e. The highest BCUT2D eigenvalue weighted by Gasteiger charge is 2.29. The van der Waals surface area contributed by atoms with Gasteiger partial charge in [-0.05, 0) is 54.9 Å². The molecule has 1 saturated heterocycles. The summed E-state index contributed by atoms with van der Waals surface area (Å²) < 4.78 is 11.0. The highest BCUT2D eigenvalue weighted by atomic mass is 16.5. The molecule has 2 aliphatic rings. The van der Waals surface area contributed by atoms with Crippen LogP contribution in [0.3, 0.4) is 0 Å². The molecular formula is C27H37NO5. The Labute approximate surface area is 197 Å². The molecular weight excluding hydrogens is 418 g/mol. The Bertz CT molecular complexity index is 925. The fourth-order valence-corrected chi connectivity index (χ4v) is 4.08. The number of carbonyl (C=O) groups excluding carboxylic acids is 1. The number of unbranched alkanes of at least 4 members (excludes halogenated alkanes) is 1. The van der Waals surface area contributed by atoms with Gasteiger partial charge in [0.25, 0.3) is 5.91 Å². The lowest BCUT2D eigenvalue weighted by Crippen LogP contribution is -2.25. The van der Waals surface area contributed by atoms with Gasteiger partial charge in [0.05, 0.1) is 18.7 Å². The monoisotopic (exact) mass is 455 g/mol. The first-order valence-corrected chi connectivity index (χ1v) is 12.1. The van der Waals surface area contributed by atoms with Crippen molar-refractivity contribution in [1.82, 2.24) is 4.90 Å². The molecule has 2 aromatic rings. The van der Waals surface area contributed by atoms with Crippen LogP contribution in [0.1, 0.15) is 85.8 Å². The van der Waals surface area contributed by atoms with E-state index >= 15 is 0 Å². The fraction of sp³-hybridized carbons (Fsp3) is 0.519. The van der Waals surface area contributed by atoms with E-state index in [-0.39, 0.29) is 28.9 Å². The zero-order chi connectivity index (χ0) is 23.8. The highest BCUT2D eigenvalue weighted by molar-refractivity contribution is 5.97. The summed E-state index contributed by atoms with van der Waals surface area (Å²) in [7, 11) is 0. The summed E-state index contributed by atoms with van der Waals surface area (Å²) in [6.07, 6.45) is 5.99. The van der Waals surface area contributed by atoms with Crippen molar-refractivity contribution in [2.45, 2.75) is 71.9 Å². The number of ether oxygens (including phenoxy) is 2. The maximum Gasteiger partial charge on any atom is 0.258 e. The molecule has 0 aromatic heterocycles. The van der Waals surface area contributed by atoms with Crippen molar-refractivity contribution in [3.8, 4) is 17.2 Å². The van der Waals surface area contributed by atoms with Gasteiger partial charge in [0, 0.05) is 31.4 Å². The SMILES string of the molecule is C1CCOCC1.CCCCOc1cccc2c1CN(C(=O)c1cc(C(C)C)c(O)cc1O)C2. The largest absolute Gasteiger partial charge is 0.508 e. The number of rotatable bonds is 6. The lowest BCUT2D eigenvalue weighted by atomic mass is 9.98. The van der Waals surface area contributed by atoms with Crippen LogP contribution in [0.15, 0.2) is 30.3 Å². The van der Waals surface area contributed by atoms with E-state index in [2.05, 4.69) is 6.92 Å². The molecule has 180 valence electrons. The van der Waals surface area contributed by atoms with Crippen molar-refractivity contribution in [2.75, 3.05) is 19.8 Å². The van der Waals surface area contributed by atoms with E-state index < -0.39 is 0 Å². The number of hydrogen-bond acceptors (Lipinski definition) is 5. The number of carbonyl (C=O) groups is 1. The van der Waals surface area contributed by atoms with Gasteiger partial charge in [-0.15, -0.1) is 0 Å². The van der Waals surface area contributed by atoms with E-state index in [9.17, 15) is 15.0 Å². The summed E-state index contributed by atoms with van der Waals surface area (Å²) in [5, 5.41) is 20.2. The molecule has 0 saturated carbocycles. The first-order chi connectivity index (χ1) is 15.9. The second kappa shape index (κ2) is 11.9. The van der Waals surface area contributed by atoms with Crippen LogP contribution < -0.4 is 4.74 Å². The summed E-state index contributed by atoms with van der Waals surface area (Å²) >= 11 is 0. The van der Waals surface area contributed by atoms with Crippen LogP contribution in [0, 0.1) is 0 Å². The summed E-state index contributed by atoms with van der Waals surface area (Å²) in [6, 6.07) is 8.75. The van der Waals surface area contributed by atoms with Crippen molar-refractivity contribution in [3.63, 3.8) is 0 Å². The Morgan fingerprint density at radius 2 is 1.85 bits per heavy atom. The van der Waals surface area contributed by atoms with Gasteiger partial charge in [0.1, 0.15) is 17.2 Å². The summed E-state index contributed by atoms with van der Waals surface area (Å²) in [5.41, 5.74) is 2.97. The molecule has 0 spiro atoms. The van der Waals surface area contributed by atoms with E-state index in [0.29, 0.717) is 25.3 Å². The normalized spacial score (nSPS) is 15.1. The minimum absolute atomic E-state index is 0.00960. The molecule has 33 heavy (non-hydrogen) atoms. The maximum atomic E-state index is 13.0. The fourth-order valence-electron chi connectivity index (χ4n) is 4.08. The van der Waals surface area contributed by atoms with Crippen molar-refractivity contribution in [2.24, 2.45) is 0 Å². The van der Waals surface area contributed by atoms with Crippen molar-refractivity contribution < 1.29 is 24.5 Å². The predicted octanol–water partition coefficient (Wildman–Crippen LogP) is 5.74. The number of hydrogen-bond donors (Lipinski definition) is 2. The molecule has 2 aromatic carbocycles. The smallest absolute Gasteiger partial charge is 0.258 e. The molecule has 1 fully saturated rings. The third-order valence-corrected chi connectivity index (χ3v) is 6.06. The quantitative estimate of drug-likeness (QED) is 0.543. The Morgan fingerprint density at radius 1 is 1.09 bits per heavy atom. The van der Waals surface area contributed by atoms with Gasteiger partial charge in [0.15, 0.2) is 0 Å². The third-order valence-electron chi connectivity index (χ3n) is 6.06. The summed E-state index contributed by atoms with van der Waals surface area (Å²) in [6.45, 7) is 9.59. The Hall–Kier alpha value is -2.73. The average Bonchev–Trinajstić information content (AvgIpc) is 3.25. The molecule has 0 unspecified atom stereocenters. The molecule has 0 bridgehead atoms. The molecule has 4 rings (SSSR count). The van der Waals surface area contributed by atoms with Crippen LogP contribution in [0.25, 0.3) is 0 Å². The van der Waals surface area contributed by atoms with Gasteiger partial charge >= 0.3 is 0 Å². The lowest BCUT2D eigenvalue weighted by Gasteiger charge is -2.18. The number of phenols is 2. The first-order valence-electron chi connectivity index (χ1n) is 12.1. The van der Waals surface area contributed by atoms with E-state index in [4.69, 9.17) is 9.47 Å². The summed E-state index contributed by atoms with van der Waals surface area (Å²) in [5.74, 6) is 0.443. The average molecular weight is 456 g/mol. The number of nitrogens with zero attached hydrogens (tertiary/aromatic N) is 1. The molecule has 2 heterocycles. The van der Waals surface area contributed by atoms with Gasteiger partial charge in [-0.25, -0.2) is 0 Å². The molecule has 0 aliphatic carbocycles. The zero-order valence-corrected chi connectivity index (χ0v) is 20.1. The van der Waals surface area contributed by atoms with Crippen LogP contribution in [0.5, 0.6) is 17.2 Å². The lowest BCUT2D eigenvalue weighted by molar-refractivity contribution is 0.0747. The first kappa shape index (κ1) is 24.9. The number of benzene rings is 2. The molecule has 2 aliphatic heterocycles. The van der Waals surface area contributed by atoms with Gasteiger partial charge in [0.2, 0.25) is 0 Å². The van der Waals surface area contributed by atoms with Crippen LogP contribution in [-0.2, 0) is 17.8 Å². The minimum atomic E-state index is -0.245. The molecule has 6 heteroatoms. The molecule has 0 radical (unpaired) electrons. The number of phenolic OH excluding ortho intramolecular Hbond substituents is 2. The standard InChI is InChI=1S/C22H27NO4.C5H10O/c1-4-5-9-27-21-8-6-7-15-12-23(13-18(15)21)22(26)17-10-16(14(2)3)19(24)11-20(17)25;1-2-4-6-5-3-1/h6-8,10-11,14,24-25H,4-5,9,12-13H2,1-3H3;1-5H2. The van der Waals surface area contributed by atoms with Crippen molar-refractivity contribution in [1.29, 1.82) is 0 Å². The number of aromatic hydroxyl groups is 2. The Balaban J connectivity index is 0.000000442. The second-order valence-electron chi connectivity index (χ2n) is 9.01. The van der Waals surface area contributed by atoms with Gasteiger partial charge in [-0.2, -0.15) is 0 Å². The van der Waals surface area contributed by atoms with Gasteiger partial charge < -0.3 is 24.6 Å². The molecule has 0 atom stereocenters. The van der Waals surface area contributed by atoms with Gasteiger partial charge in [-0.1, -0.05) is 39.3 Å². The van der Waals surface area contributed by atoms with Crippen molar-refractivity contribution >= 4 is 5.91 Å². The molecule has 2 N–H and O–H groups in total. The molecule has 1 amide bonds. The van der Waals surface area contributed by atoms with E-state index in [1.54, 1.807) is 11.0 Å². The van der Waals surface area contributed by atoms with E-state index in [1.807, 2.05) is 32.0 Å². The van der Waals surface area contributed by atoms with Crippen LogP contribution in [0.2, 0.25) is 0 Å². The number of fused-ring (bicyclic) bond motifs is 1. The third kappa shape index (κ3) is 6.41. The Morgan fingerprint density at radius 3 is 2.45 bits per heavy atom. The zero-order valence-electron chi connectivity index (χ0n) is 20.1. The Kier molecular flexibility index (Phi) is 9.01. The van der Waals surface area contributed by atoms with E-state index in [0.717, 1.165) is 42.9 Å².